The Hall–Kier alpha value is -2.56. The molecule has 0 aliphatic carbocycles. The Morgan fingerprint density at radius 1 is 1.23 bits per heavy atom. The number of ether oxygens (including phenoxy) is 2. The van der Waals surface area contributed by atoms with Gasteiger partial charge in [-0.3, -0.25) is 0 Å². The highest BCUT2D eigenvalue weighted by Crippen LogP contribution is 2.35. The predicted molar refractivity (Wildman–Crippen MR) is 81.5 cm³/mol. The third-order valence-corrected chi connectivity index (χ3v) is 3.46. The smallest absolute Gasteiger partial charge is 0.343 e. The topological polar surface area (TPSA) is 38.8 Å². The lowest BCUT2D eigenvalue weighted by Gasteiger charge is -2.30. The highest BCUT2D eigenvalue weighted by Gasteiger charge is 2.19. The minimum Gasteiger partial charge on any atom is -0.490 e. The molecule has 0 aromatic heterocycles. The van der Waals surface area contributed by atoms with Crippen LogP contribution in [0.2, 0.25) is 0 Å². The van der Waals surface area contributed by atoms with Crippen molar-refractivity contribution in [3.63, 3.8) is 0 Å². The molecule has 1 heterocycles. The number of fused-ring (bicyclic) bond motifs is 1. The van der Waals surface area contributed by atoms with Crippen molar-refractivity contribution in [2.24, 2.45) is 0 Å². The first-order valence-corrected chi connectivity index (χ1v) is 7.13. The number of rotatable bonds is 4. The largest absolute Gasteiger partial charge is 0.490 e. The van der Waals surface area contributed by atoms with Crippen LogP contribution in [-0.4, -0.2) is 32.3 Å². The lowest BCUT2D eigenvalue weighted by atomic mass is 10.2. The summed E-state index contributed by atoms with van der Waals surface area (Å²) in [5.41, 5.74) is 1.24. The molecule has 0 N–H and O–H groups in total. The summed E-state index contributed by atoms with van der Waals surface area (Å²) in [5.74, 6) is 0.676. The molecule has 0 amide bonds. The van der Waals surface area contributed by atoms with Crippen molar-refractivity contribution in [3.05, 3.63) is 54.1 Å². The predicted octanol–water partition coefficient (Wildman–Crippen LogP) is 3.07. The van der Waals surface area contributed by atoms with Gasteiger partial charge in [0.1, 0.15) is 24.8 Å². The Morgan fingerprint density at radius 2 is 2.05 bits per heavy atom. The van der Waals surface area contributed by atoms with Gasteiger partial charge in [0.25, 0.3) is 0 Å². The number of hydrogen-bond donors (Lipinski definition) is 0. The van der Waals surface area contributed by atoms with Crippen LogP contribution in [0.3, 0.4) is 0 Å². The van der Waals surface area contributed by atoms with Gasteiger partial charge in [-0.25, -0.2) is 9.18 Å². The number of carbonyl (C=O) groups excluding carboxylic acids is 1. The molecule has 2 aromatic rings. The van der Waals surface area contributed by atoms with E-state index in [0.717, 1.165) is 5.69 Å². The first kappa shape index (κ1) is 14.4. The molecule has 0 unspecified atom stereocenters. The molecule has 0 fully saturated rings. The molecule has 2 aromatic carbocycles. The summed E-state index contributed by atoms with van der Waals surface area (Å²) in [4.78, 5) is 13.9. The number of nitrogens with zero attached hydrogens (tertiary/aromatic N) is 1. The Morgan fingerprint density at radius 3 is 2.82 bits per heavy atom. The first-order chi connectivity index (χ1) is 10.8. The van der Waals surface area contributed by atoms with Crippen molar-refractivity contribution in [1.82, 2.24) is 0 Å². The molecule has 4 nitrogen and oxygen atoms in total. The lowest BCUT2D eigenvalue weighted by Crippen LogP contribution is -2.34. The second-order valence-electron chi connectivity index (χ2n) is 4.91. The van der Waals surface area contributed by atoms with Gasteiger partial charge >= 0.3 is 5.97 Å². The highest BCUT2D eigenvalue weighted by atomic mass is 19.1. The summed E-state index contributed by atoms with van der Waals surface area (Å²) in [7, 11) is 0. The van der Waals surface area contributed by atoms with Crippen LogP contribution < -0.4 is 14.4 Å². The second kappa shape index (κ2) is 6.47. The number of carbonyl (C=O) groups is 1. The average Bonchev–Trinajstić information content (AvgIpc) is 2.56. The van der Waals surface area contributed by atoms with Crippen molar-refractivity contribution in [2.45, 2.75) is 0 Å². The maximum atomic E-state index is 12.6. The molecular formula is C17H16FNO3. The van der Waals surface area contributed by atoms with Crippen LogP contribution >= 0.6 is 0 Å². The third kappa shape index (κ3) is 3.03. The normalized spacial score (nSPS) is 13.2. The number of esters is 1. The van der Waals surface area contributed by atoms with Gasteiger partial charge in [0, 0.05) is 12.6 Å². The minimum atomic E-state index is -0.437. The monoisotopic (exact) mass is 301 g/mol. The van der Waals surface area contributed by atoms with Gasteiger partial charge in [0.15, 0.2) is 0 Å². The fourth-order valence-electron chi connectivity index (χ4n) is 2.39. The molecular weight excluding hydrogens is 285 g/mol. The molecule has 0 bridgehead atoms. The summed E-state index contributed by atoms with van der Waals surface area (Å²) in [6, 6.07) is 13.9. The Bertz CT molecular complexity index is 660. The molecule has 22 heavy (non-hydrogen) atoms. The average molecular weight is 301 g/mol. The maximum absolute atomic E-state index is 12.6. The summed E-state index contributed by atoms with van der Waals surface area (Å²) in [6.45, 7) is 1.00. The van der Waals surface area contributed by atoms with Crippen LogP contribution in [0, 0.1) is 0 Å². The van der Waals surface area contributed by atoms with E-state index in [1.165, 1.54) is 0 Å². The van der Waals surface area contributed by atoms with Crippen LogP contribution in [0.25, 0.3) is 0 Å². The van der Waals surface area contributed by atoms with Crippen LogP contribution in [-0.2, 0) is 0 Å². The fraction of sp³-hybridized carbons (Fsp3) is 0.235. The molecule has 0 spiro atoms. The van der Waals surface area contributed by atoms with Crippen LogP contribution in [0.15, 0.2) is 48.5 Å². The van der Waals surface area contributed by atoms with Gasteiger partial charge in [0.2, 0.25) is 0 Å². The van der Waals surface area contributed by atoms with E-state index in [-0.39, 0.29) is 0 Å². The van der Waals surface area contributed by atoms with Crippen molar-refractivity contribution in [2.75, 3.05) is 31.3 Å². The lowest BCUT2D eigenvalue weighted by molar-refractivity contribution is 0.0734. The SMILES string of the molecule is O=C(Oc1ccc2c(c1)N(CCF)CCO2)c1ccccc1. The van der Waals surface area contributed by atoms with E-state index in [0.29, 0.717) is 36.8 Å². The van der Waals surface area contributed by atoms with E-state index >= 15 is 0 Å². The molecule has 0 saturated heterocycles. The molecule has 114 valence electrons. The summed E-state index contributed by atoms with van der Waals surface area (Å²) in [6.07, 6.45) is 0. The van der Waals surface area contributed by atoms with Crippen LogP contribution in [0.5, 0.6) is 11.5 Å². The maximum Gasteiger partial charge on any atom is 0.343 e. The van der Waals surface area contributed by atoms with Crippen molar-refractivity contribution in [3.8, 4) is 11.5 Å². The van der Waals surface area contributed by atoms with Gasteiger partial charge in [0.05, 0.1) is 17.8 Å². The van der Waals surface area contributed by atoms with Crippen molar-refractivity contribution >= 4 is 11.7 Å². The van der Waals surface area contributed by atoms with Gasteiger partial charge < -0.3 is 14.4 Å². The number of alkyl halides is 1. The Labute approximate surface area is 128 Å². The summed E-state index contributed by atoms with van der Waals surface area (Å²) >= 11 is 0. The Kier molecular flexibility index (Phi) is 4.23. The van der Waals surface area contributed by atoms with E-state index in [1.54, 1.807) is 42.5 Å². The van der Waals surface area contributed by atoms with E-state index < -0.39 is 12.6 Å². The molecule has 1 aliphatic heterocycles. The van der Waals surface area contributed by atoms with Crippen molar-refractivity contribution < 1.29 is 18.7 Å². The van der Waals surface area contributed by atoms with E-state index in [1.807, 2.05) is 11.0 Å². The minimum absolute atomic E-state index is 0.298. The van der Waals surface area contributed by atoms with Crippen LogP contribution in [0.1, 0.15) is 10.4 Å². The van der Waals surface area contributed by atoms with Gasteiger partial charge in [-0.05, 0) is 24.3 Å². The molecule has 1 aliphatic rings. The van der Waals surface area contributed by atoms with Gasteiger partial charge in [-0.1, -0.05) is 18.2 Å². The summed E-state index contributed by atoms with van der Waals surface area (Å²) < 4.78 is 23.6. The third-order valence-electron chi connectivity index (χ3n) is 3.46. The molecule has 0 radical (unpaired) electrons. The number of anilines is 1. The fourth-order valence-corrected chi connectivity index (χ4v) is 2.39. The summed E-state index contributed by atoms with van der Waals surface area (Å²) in [5, 5.41) is 0. The van der Waals surface area contributed by atoms with Crippen molar-refractivity contribution in [1.29, 1.82) is 0 Å². The van der Waals surface area contributed by atoms with E-state index in [9.17, 15) is 9.18 Å². The molecule has 0 atom stereocenters. The van der Waals surface area contributed by atoms with Crippen LogP contribution in [0.4, 0.5) is 10.1 Å². The first-order valence-electron chi connectivity index (χ1n) is 7.13. The molecule has 5 heteroatoms. The quantitative estimate of drug-likeness (QED) is 0.642. The van der Waals surface area contributed by atoms with E-state index in [4.69, 9.17) is 9.47 Å². The molecule has 3 rings (SSSR count). The number of hydrogen-bond acceptors (Lipinski definition) is 4. The highest BCUT2D eigenvalue weighted by molar-refractivity contribution is 5.91. The Balaban J connectivity index is 1.81. The zero-order valence-corrected chi connectivity index (χ0v) is 12.0. The zero-order chi connectivity index (χ0) is 15.4. The zero-order valence-electron chi connectivity index (χ0n) is 12.0. The van der Waals surface area contributed by atoms with E-state index in [2.05, 4.69) is 0 Å². The van der Waals surface area contributed by atoms with Gasteiger partial charge in [-0.15, -0.1) is 0 Å². The standard InChI is InChI=1S/C17H16FNO3/c18-8-9-19-10-11-21-16-7-6-14(12-15(16)19)22-17(20)13-4-2-1-3-5-13/h1-7,12H,8-11H2. The number of halogens is 1. The second-order valence-corrected chi connectivity index (χ2v) is 4.91. The van der Waals surface area contributed by atoms with Gasteiger partial charge in [-0.2, -0.15) is 0 Å². The number of benzene rings is 2. The molecule has 0 saturated carbocycles.